The summed E-state index contributed by atoms with van der Waals surface area (Å²) >= 11 is 6.41. The highest BCUT2D eigenvalue weighted by molar-refractivity contribution is 14.1. The fourth-order valence-corrected chi connectivity index (χ4v) is 3.48. The lowest BCUT2D eigenvalue weighted by Crippen LogP contribution is -1.89. The summed E-state index contributed by atoms with van der Waals surface area (Å²) in [5, 5.41) is 3.32. The summed E-state index contributed by atoms with van der Waals surface area (Å²) < 4.78 is 9.14. The molecule has 0 bridgehead atoms. The van der Waals surface area contributed by atoms with E-state index in [1.807, 2.05) is 0 Å². The zero-order chi connectivity index (χ0) is 9.42. The standard InChI is InChI=1S/C9H6I2OS/c1-12-9-5-2-3-13-7(5)4-6(10)8(9)11/h2-4H,1H3. The van der Waals surface area contributed by atoms with Gasteiger partial charge in [-0.25, -0.2) is 0 Å². The van der Waals surface area contributed by atoms with Gasteiger partial charge < -0.3 is 4.74 Å². The summed E-state index contributed by atoms with van der Waals surface area (Å²) in [6, 6.07) is 4.31. The summed E-state index contributed by atoms with van der Waals surface area (Å²) in [4.78, 5) is 0. The maximum absolute atomic E-state index is 5.39. The van der Waals surface area contributed by atoms with Gasteiger partial charge in [0.15, 0.2) is 0 Å². The molecular weight excluding hydrogens is 410 g/mol. The minimum Gasteiger partial charge on any atom is -0.495 e. The second kappa shape index (κ2) is 3.90. The lowest BCUT2D eigenvalue weighted by atomic mass is 10.2. The SMILES string of the molecule is COc1c(I)c(I)cc2sccc12. The zero-order valence-electron chi connectivity index (χ0n) is 6.80. The lowest BCUT2D eigenvalue weighted by Gasteiger charge is -2.06. The number of ether oxygens (including phenoxy) is 1. The summed E-state index contributed by atoms with van der Waals surface area (Å²) in [6.07, 6.45) is 0. The number of rotatable bonds is 1. The van der Waals surface area contributed by atoms with Crippen LogP contribution in [0.3, 0.4) is 0 Å². The van der Waals surface area contributed by atoms with E-state index in [4.69, 9.17) is 4.74 Å². The Kier molecular flexibility index (Phi) is 2.99. The van der Waals surface area contributed by atoms with Crippen molar-refractivity contribution in [1.82, 2.24) is 0 Å². The minimum absolute atomic E-state index is 1.00. The van der Waals surface area contributed by atoms with Crippen LogP contribution in [0.2, 0.25) is 0 Å². The largest absolute Gasteiger partial charge is 0.495 e. The van der Waals surface area contributed by atoms with Crippen molar-refractivity contribution in [3.63, 3.8) is 0 Å². The number of hydrogen-bond acceptors (Lipinski definition) is 2. The molecule has 0 saturated heterocycles. The van der Waals surface area contributed by atoms with E-state index in [1.54, 1.807) is 18.4 Å². The molecule has 0 atom stereocenters. The van der Waals surface area contributed by atoms with E-state index in [9.17, 15) is 0 Å². The summed E-state index contributed by atoms with van der Waals surface area (Å²) in [7, 11) is 1.73. The average molecular weight is 416 g/mol. The molecule has 0 fully saturated rings. The van der Waals surface area contributed by atoms with Gasteiger partial charge in [0.1, 0.15) is 5.75 Å². The van der Waals surface area contributed by atoms with Gasteiger partial charge in [0.2, 0.25) is 0 Å². The van der Waals surface area contributed by atoms with Crippen LogP contribution in [0.1, 0.15) is 0 Å². The summed E-state index contributed by atoms with van der Waals surface area (Å²) in [5.41, 5.74) is 0. The minimum atomic E-state index is 1.00. The monoisotopic (exact) mass is 416 g/mol. The molecule has 0 saturated carbocycles. The summed E-state index contributed by atoms with van der Waals surface area (Å²) in [5.74, 6) is 1.00. The maximum Gasteiger partial charge on any atom is 0.141 e. The van der Waals surface area contributed by atoms with Crippen LogP contribution >= 0.6 is 56.5 Å². The van der Waals surface area contributed by atoms with Gasteiger partial charge in [-0.15, -0.1) is 11.3 Å². The van der Waals surface area contributed by atoms with Crippen LogP contribution in [0.4, 0.5) is 0 Å². The molecule has 0 radical (unpaired) electrons. The Morgan fingerprint density at radius 2 is 2.15 bits per heavy atom. The lowest BCUT2D eigenvalue weighted by molar-refractivity contribution is 0.416. The summed E-state index contributed by atoms with van der Waals surface area (Å²) in [6.45, 7) is 0. The zero-order valence-corrected chi connectivity index (χ0v) is 11.9. The van der Waals surface area contributed by atoms with Crippen LogP contribution in [0.15, 0.2) is 17.5 Å². The number of halogens is 2. The van der Waals surface area contributed by atoms with Crippen molar-refractivity contribution in [2.75, 3.05) is 7.11 Å². The Bertz CT molecular complexity index is 450. The topological polar surface area (TPSA) is 9.23 Å². The molecule has 0 unspecified atom stereocenters. The van der Waals surface area contributed by atoms with E-state index in [0.717, 1.165) is 5.75 Å². The van der Waals surface area contributed by atoms with E-state index in [2.05, 4.69) is 62.7 Å². The molecule has 1 nitrogen and oxygen atoms in total. The van der Waals surface area contributed by atoms with Crippen molar-refractivity contribution in [1.29, 1.82) is 0 Å². The normalized spacial score (nSPS) is 10.7. The first-order valence-corrected chi connectivity index (χ1v) is 6.67. The van der Waals surface area contributed by atoms with E-state index < -0.39 is 0 Å². The number of fused-ring (bicyclic) bond motifs is 1. The van der Waals surface area contributed by atoms with Gasteiger partial charge >= 0.3 is 0 Å². The molecule has 1 aromatic carbocycles. The Morgan fingerprint density at radius 3 is 2.85 bits per heavy atom. The molecule has 2 rings (SSSR count). The molecule has 13 heavy (non-hydrogen) atoms. The van der Waals surface area contributed by atoms with Gasteiger partial charge in [-0.2, -0.15) is 0 Å². The van der Waals surface area contributed by atoms with Gasteiger partial charge in [0, 0.05) is 13.7 Å². The second-order valence-corrected chi connectivity index (χ2v) is 5.73. The van der Waals surface area contributed by atoms with Crippen molar-refractivity contribution >= 4 is 66.6 Å². The molecule has 0 aliphatic rings. The Balaban J connectivity index is 2.87. The van der Waals surface area contributed by atoms with E-state index in [0.29, 0.717) is 0 Å². The Hall–Kier alpha value is 0.440. The van der Waals surface area contributed by atoms with Crippen LogP contribution in [-0.4, -0.2) is 7.11 Å². The molecule has 0 aliphatic heterocycles. The smallest absolute Gasteiger partial charge is 0.141 e. The third-order valence-corrected chi connectivity index (χ3v) is 5.63. The molecule has 0 aliphatic carbocycles. The molecular formula is C9H6I2OS. The third-order valence-electron chi connectivity index (χ3n) is 1.81. The van der Waals surface area contributed by atoms with Crippen LogP contribution in [0.5, 0.6) is 5.75 Å². The van der Waals surface area contributed by atoms with Crippen LogP contribution < -0.4 is 4.74 Å². The molecule has 2 aromatic rings. The molecule has 68 valence electrons. The van der Waals surface area contributed by atoms with Crippen molar-refractivity contribution < 1.29 is 4.74 Å². The first-order chi connectivity index (χ1) is 6.24. The van der Waals surface area contributed by atoms with Crippen molar-refractivity contribution in [3.05, 3.63) is 24.7 Å². The van der Waals surface area contributed by atoms with Crippen molar-refractivity contribution in [2.45, 2.75) is 0 Å². The van der Waals surface area contributed by atoms with Crippen LogP contribution in [0, 0.1) is 7.14 Å². The predicted octanol–water partition coefficient (Wildman–Crippen LogP) is 4.12. The number of benzene rings is 1. The van der Waals surface area contributed by atoms with Crippen LogP contribution in [-0.2, 0) is 0 Å². The van der Waals surface area contributed by atoms with Crippen molar-refractivity contribution in [2.24, 2.45) is 0 Å². The predicted molar refractivity (Wildman–Crippen MR) is 73.8 cm³/mol. The van der Waals surface area contributed by atoms with Gasteiger partial charge in [0.25, 0.3) is 0 Å². The number of hydrogen-bond donors (Lipinski definition) is 0. The van der Waals surface area contributed by atoms with Gasteiger partial charge in [-0.3, -0.25) is 0 Å². The highest BCUT2D eigenvalue weighted by atomic mass is 127. The van der Waals surface area contributed by atoms with Gasteiger partial charge in [0.05, 0.1) is 10.7 Å². The first kappa shape index (κ1) is 9.97. The van der Waals surface area contributed by atoms with E-state index in [-0.39, 0.29) is 0 Å². The van der Waals surface area contributed by atoms with Gasteiger partial charge in [-0.1, -0.05) is 0 Å². The Morgan fingerprint density at radius 1 is 1.38 bits per heavy atom. The fraction of sp³-hybridized carbons (Fsp3) is 0.111. The molecule has 1 heterocycles. The van der Waals surface area contributed by atoms with Gasteiger partial charge in [-0.05, 0) is 62.7 Å². The Labute approximate surface area is 108 Å². The molecule has 0 spiro atoms. The molecule has 4 heteroatoms. The van der Waals surface area contributed by atoms with Crippen molar-refractivity contribution in [3.8, 4) is 5.75 Å². The third kappa shape index (κ3) is 1.68. The molecule has 1 aromatic heterocycles. The second-order valence-electron chi connectivity index (χ2n) is 2.54. The van der Waals surface area contributed by atoms with Crippen LogP contribution in [0.25, 0.3) is 10.1 Å². The molecule has 0 amide bonds. The molecule has 0 N–H and O–H groups in total. The quantitative estimate of drug-likeness (QED) is 0.636. The fourth-order valence-electron chi connectivity index (χ4n) is 1.23. The highest BCUT2D eigenvalue weighted by Gasteiger charge is 2.10. The highest BCUT2D eigenvalue weighted by Crippen LogP contribution is 2.36. The van der Waals surface area contributed by atoms with E-state index in [1.165, 1.54) is 17.2 Å². The van der Waals surface area contributed by atoms with E-state index >= 15 is 0 Å². The number of methoxy groups -OCH3 is 1. The maximum atomic E-state index is 5.39. The average Bonchev–Trinajstić information content (AvgIpc) is 2.54. The first-order valence-electron chi connectivity index (χ1n) is 3.63. The number of thiophene rings is 1.